The predicted molar refractivity (Wildman–Crippen MR) is 109 cm³/mol. The highest BCUT2D eigenvalue weighted by Crippen LogP contribution is 2.22. The second-order valence-corrected chi connectivity index (χ2v) is 7.43. The molecule has 0 saturated carbocycles. The molecule has 1 aliphatic heterocycles. The van der Waals surface area contributed by atoms with E-state index < -0.39 is 11.8 Å². The SMILES string of the molecule is CN1CCN([C@H](CNC(=O)C(=O)NCc2ccc(F)cc2)c2ccc(F)cc2)CC1. The summed E-state index contributed by atoms with van der Waals surface area (Å²) in [5, 5.41) is 5.22. The molecule has 2 amide bonds. The fourth-order valence-electron chi connectivity index (χ4n) is 3.41. The molecule has 0 radical (unpaired) electrons. The van der Waals surface area contributed by atoms with Crippen molar-refractivity contribution in [1.82, 2.24) is 20.4 Å². The van der Waals surface area contributed by atoms with Gasteiger partial charge in [0.2, 0.25) is 0 Å². The summed E-state index contributed by atoms with van der Waals surface area (Å²) in [7, 11) is 2.05. The molecule has 1 saturated heterocycles. The Bertz CT molecular complexity index is 850. The number of nitrogens with zero attached hydrogens (tertiary/aromatic N) is 2. The normalized spacial score (nSPS) is 16.1. The molecule has 30 heavy (non-hydrogen) atoms. The van der Waals surface area contributed by atoms with Gasteiger partial charge in [-0.1, -0.05) is 24.3 Å². The number of amides is 2. The minimum Gasteiger partial charge on any atom is -0.346 e. The summed E-state index contributed by atoms with van der Waals surface area (Å²) in [6.45, 7) is 3.77. The maximum Gasteiger partial charge on any atom is 0.309 e. The topological polar surface area (TPSA) is 64.7 Å². The summed E-state index contributed by atoms with van der Waals surface area (Å²) in [5.74, 6) is -2.17. The first-order valence-corrected chi connectivity index (χ1v) is 9.91. The molecule has 1 heterocycles. The maximum atomic E-state index is 13.3. The smallest absolute Gasteiger partial charge is 0.309 e. The van der Waals surface area contributed by atoms with Gasteiger partial charge in [0.05, 0.1) is 6.04 Å². The van der Waals surface area contributed by atoms with Crippen LogP contribution in [-0.4, -0.2) is 61.4 Å². The van der Waals surface area contributed by atoms with Gasteiger partial charge in [-0.15, -0.1) is 0 Å². The number of halogens is 2. The Morgan fingerprint density at radius 3 is 2.00 bits per heavy atom. The Kier molecular flexibility index (Phi) is 7.48. The van der Waals surface area contributed by atoms with Gasteiger partial charge in [0, 0.05) is 39.3 Å². The van der Waals surface area contributed by atoms with E-state index in [-0.39, 0.29) is 30.8 Å². The van der Waals surface area contributed by atoms with E-state index in [0.29, 0.717) is 5.56 Å². The third kappa shape index (κ3) is 6.08. The molecule has 0 bridgehead atoms. The first-order chi connectivity index (χ1) is 14.4. The monoisotopic (exact) mass is 416 g/mol. The van der Waals surface area contributed by atoms with E-state index in [1.165, 1.54) is 24.3 Å². The molecule has 1 atom stereocenters. The molecule has 0 unspecified atom stereocenters. The number of benzene rings is 2. The molecular weight excluding hydrogens is 390 g/mol. The van der Waals surface area contributed by atoms with E-state index in [4.69, 9.17) is 0 Å². The van der Waals surface area contributed by atoms with Crippen molar-refractivity contribution in [2.24, 2.45) is 0 Å². The summed E-state index contributed by atoms with van der Waals surface area (Å²) < 4.78 is 26.3. The Labute approximate surface area is 174 Å². The zero-order valence-corrected chi connectivity index (χ0v) is 16.9. The Balaban J connectivity index is 1.58. The van der Waals surface area contributed by atoms with Crippen LogP contribution in [0.3, 0.4) is 0 Å². The van der Waals surface area contributed by atoms with Crippen LogP contribution < -0.4 is 10.6 Å². The number of carbonyl (C=O) groups excluding carboxylic acids is 2. The van der Waals surface area contributed by atoms with Gasteiger partial charge >= 0.3 is 11.8 Å². The lowest BCUT2D eigenvalue weighted by atomic mass is 10.0. The second kappa shape index (κ2) is 10.3. The summed E-state index contributed by atoms with van der Waals surface area (Å²) in [5.41, 5.74) is 1.58. The van der Waals surface area contributed by atoms with Gasteiger partial charge in [-0.3, -0.25) is 14.5 Å². The summed E-state index contributed by atoms with van der Waals surface area (Å²) in [4.78, 5) is 28.9. The van der Waals surface area contributed by atoms with Gasteiger partial charge in [0.1, 0.15) is 11.6 Å². The van der Waals surface area contributed by atoms with Crippen molar-refractivity contribution < 1.29 is 18.4 Å². The van der Waals surface area contributed by atoms with Gasteiger partial charge in [-0.05, 0) is 42.4 Å². The van der Waals surface area contributed by atoms with Gasteiger partial charge in [-0.2, -0.15) is 0 Å². The van der Waals surface area contributed by atoms with Crippen LogP contribution in [-0.2, 0) is 16.1 Å². The molecule has 2 N–H and O–H groups in total. The molecule has 2 aromatic rings. The summed E-state index contributed by atoms with van der Waals surface area (Å²) in [6, 6.07) is 11.7. The van der Waals surface area contributed by atoms with E-state index in [1.54, 1.807) is 24.3 Å². The van der Waals surface area contributed by atoms with Gasteiger partial charge < -0.3 is 15.5 Å². The minimum atomic E-state index is -0.754. The number of piperazine rings is 1. The van der Waals surface area contributed by atoms with Gasteiger partial charge in [-0.25, -0.2) is 8.78 Å². The number of hydrogen-bond donors (Lipinski definition) is 2. The average Bonchev–Trinajstić information content (AvgIpc) is 2.75. The molecule has 1 fully saturated rings. The van der Waals surface area contributed by atoms with Crippen molar-refractivity contribution in [3.8, 4) is 0 Å². The molecule has 0 spiro atoms. The molecule has 8 heteroatoms. The molecule has 6 nitrogen and oxygen atoms in total. The standard InChI is InChI=1S/C22H26F2N4O2/c1-27-10-12-28(13-11-27)20(17-4-8-19(24)9-5-17)15-26-22(30)21(29)25-14-16-2-6-18(23)7-3-16/h2-9,20H,10-15H2,1H3,(H,25,29)(H,26,30)/t20-/m1/s1. The zero-order chi connectivity index (χ0) is 21.5. The van der Waals surface area contributed by atoms with Crippen LogP contribution >= 0.6 is 0 Å². The van der Waals surface area contributed by atoms with Crippen molar-refractivity contribution in [3.05, 3.63) is 71.3 Å². The Morgan fingerprint density at radius 2 is 1.40 bits per heavy atom. The van der Waals surface area contributed by atoms with Crippen LogP contribution in [0.15, 0.2) is 48.5 Å². The lowest BCUT2D eigenvalue weighted by molar-refractivity contribution is -0.139. The number of hydrogen-bond acceptors (Lipinski definition) is 4. The number of nitrogens with one attached hydrogen (secondary N) is 2. The quantitative estimate of drug-likeness (QED) is 0.704. The van der Waals surface area contributed by atoms with Crippen molar-refractivity contribution in [3.63, 3.8) is 0 Å². The van der Waals surface area contributed by atoms with Crippen molar-refractivity contribution in [2.75, 3.05) is 39.8 Å². The minimum absolute atomic E-state index is 0.131. The lowest BCUT2D eigenvalue weighted by Crippen LogP contribution is -2.49. The first-order valence-electron chi connectivity index (χ1n) is 9.91. The molecule has 2 aromatic carbocycles. The summed E-state index contributed by atoms with van der Waals surface area (Å²) >= 11 is 0. The predicted octanol–water partition coefficient (Wildman–Crippen LogP) is 1.69. The van der Waals surface area contributed by atoms with E-state index in [0.717, 1.165) is 31.7 Å². The van der Waals surface area contributed by atoms with E-state index in [9.17, 15) is 18.4 Å². The Morgan fingerprint density at radius 1 is 0.867 bits per heavy atom. The fourth-order valence-corrected chi connectivity index (χ4v) is 3.41. The fraction of sp³-hybridized carbons (Fsp3) is 0.364. The molecule has 3 rings (SSSR count). The van der Waals surface area contributed by atoms with Crippen molar-refractivity contribution in [2.45, 2.75) is 12.6 Å². The van der Waals surface area contributed by atoms with Crippen LogP contribution in [0.1, 0.15) is 17.2 Å². The summed E-state index contributed by atoms with van der Waals surface area (Å²) in [6.07, 6.45) is 0. The van der Waals surface area contributed by atoms with Crippen LogP contribution in [0.5, 0.6) is 0 Å². The number of carbonyl (C=O) groups is 2. The molecule has 1 aliphatic rings. The number of rotatable bonds is 6. The maximum absolute atomic E-state index is 13.3. The van der Waals surface area contributed by atoms with E-state index in [2.05, 4.69) is 27.5 Å². The Hall–Kier alpha value is -2.84. The zero-order valence-electron chi connectivity index (χ0n) is 16.9. The highest BCUT2D eigenvalue weighted by molar-refractivity contribution is 6.35. The second-order valence-electron chi connectivity index (χ2n) is 7.43. The highest BCUT2D eigenvalue weighted by atomic mass is 19.1. The molecule has 0 aromatic heterocycles. The van der Waals surface area contributed by atoms with Crippen LogP contribution in [0, 0.1) is 11.6 Å². The van der Waals surface area contributed by atoms with Crippen molar-refractivity contribution >= 4 is 11.8 Å². The van der Waals surface area contributed by atoms with Gasteiger partial charge in [0.15, 0.2) is 0 Å². The van der Waals surface area contributed by atoms with Crippen LogP contribution in [0.4, 0.5) is 8.78 Å². The number of likely N-dealkylation sites (N-methyl/N-ethyl adjacent to an activating group) is 1. The molecule has 0 aliphatic carbocycles. The molecular formula is C22H26F2N4O2. The lowest BCUT2D eigenvalue weighted by Gasteiger charge is -2.38. The van der Waals surface area contributed by atoms with Crippen LogP contribution in [0.2, 0.25) is 0 Å². The van der Waals surface area contributed by atoms with E-state index in [1.807, 2.05) is 0 Å². The highest BCUT2D eigenvalue weighted by Gasteiger charge is 2.25. The third-order valence-electron chi connectivity index (χ3n) is 5.26. The largest absolute Gasteiger partial charge is 0.346 e. The third-order valence-corrected chi connectivity index (χ3v) is 5.26. The first kappa shape index (κ1) is 21.9. The average molecular weight is 416 g/mol. The van der Waals surface area contributed by atoms with Crippen molar-refractivity contribution in [1.29, 1.82) is 0 Å². The van der Waals surface area contributed by atoms with Gasteiger partial charge in [0.25, 0.3) is 0 Å². The van der Waals surface area contributed by atoms with Crippen LogP contribution in [0.25, 0.3) is 0 Å². The van der Waals surface area contributed by atoms with E-state index >= 15 is 0 Å². The molecule has 160 valence electrons.